The largest absolute Gasteiger partial charge is 0.340 e. The second-order valence-corrected chi connectivity index (χ2v) is 9.82. The Hall–Kier alpha value is -2.03. The summed E-state index contributed by atoms with van der Waals surface area (Å²) in [6, 6.07) is 8.71. The number of amides is 1. The van der Waals surface area contributed by atoms with E-state index in [0.29, 0.717) is 18.0 Å². The fourth-order valence-electron chi connectivity index (χ4n) is 3.14. The summed E-state index contributed by atoms with van der Waals surface area (Å²) in [4.78, 5) is 27.0. The summed E-state index contributed by atoms with van der Waals surface area (Å²) in [7, 11) is -3.56. The number of carbonyl (C=O) groups excluding carboxylic acids is 2. The highest BCUT2D eigenvalue weighted by molar-refractivity contribution is 7.89. The quantitative estimate of drug-likeness (QED) is 0.674. The van der Waals surface area contributed by atoms with Crippen LogP contribution < -0.4 is 0 Å². The van der Waals surface area contributed by atoms with Gasteiger partial charge in [0.1, 0.15) is 0 Å². The van der Waals surface area contributed by atoms with Crippen LogP contribution in [-0.4, -0.2) is 55.5 Å². The number of nitrogens with zero attached hydrogens (tertiary/aromatic N) is 2. The second-order valence-electron chi connectivity index (χ2n) is 6.93. The Labute approximate surface area is 169 Å². The molecule has 28 heavy (non-hydrogen) atoms. The molecule has 6 nitrogen and oxygen atoms in total. The van der Waals surface area contributed by atoms with Gasteiger partial charge in [-0.1, -0.05) is 12.1 Å². The van der Waals surface area contributed by atoms with Crippen LogP contribution in [0.5, 0.6) is 0 Å². The highest BCUT2D eigenvalue weighted by Crippen LogP contribution is 2.21. The van der Waals surface area contributed by atoms with E-state index in [2.05, 4.69) is 0 Å². The predicted molar refractivity (Wildman–Crippen MR) is 109 cm³/mol. The third-order valence-corrected chi connectivity index (χ3v) is 7.87. The van der Waals surface area contributed by atoms with Crippen molar-refractivity contribution in [3.63, 3.8) is 0 Å². The van der Waals surface area contributed by atoms with Gasteiger partial charge in [-0.15, -0.1) is 11.3 Å². The monoisotopic (exact) mass is 420 g/mol. The van der Waals surface area contributed by atoms with Gasteiger partial charge >= 0.3 is 0 Å². The molecule has 0 N–H and O–H groups in total. The number of rotatable bonds is 6. The number of ketones is 1. The van der Waals surface area contributed by atoms with Gasteiger partial charge in [0.2, 0.25) is 15.9 Å². The Morgan fingerprint density at radius 3 is 2.32 bits per heavy atom. The summed E-state index contributed by atoms with van der Waals surface area (Å²) < 4.78 is 27.1. The molecule has 0 aliphatic carbocycles. The zero-order chi connectivity index (χ0) is 20.3. The molecule has 0 bridgehead atoms. The minimum Gasteiger partial charge on any atom is -0.340 e. The molecule has 0 saturated carbocycles. The average Bonchev–Trinajstić information content (AvgIpc) is 3.23. The van der Waals surface area contributed by atoms with Crippen LogP contribution in [0.1, 0.15) is 33.6 Å². The lowest BCUT2D eigenvalue weighted by Gasteiger charge is -2.34. The molecule has 0 atom stereocenters. The molecule has 1 fully saturated rings. The zero-order valence-electron chi connectivity index (χ0n) is 16.1. The van der Waals surface area contributed by atoms with Gasteiger partial charge in [0.25, 0.3) is 0 Å². The summed E-state index contributed by atoms with van der Waals surface area (Å²) in [6.45, 7) is 5.05. The lowest BCUT2D eigenvalue weighted by atomic mass is 10.1. The predicted octanol–water partition coefficient (Wildman–Crippen LogP) is 2.86. The molecule has 150 valence electrons. The number of hydrogen-bond donors (Lipinski definition) is 0. The normalized spacial score (nSPS) is 15.6. The van der Waals surface area contributed by atoms with Gasteiger partial charge in [0.05, 0.1) is 9.77 Å². The first-order valence-electron chi connectivity index (χ1n) is 9.21. The second kappa shape index (κ2) is 8.55. The molecule has 1 saturated heterocycles. The van der Waals surface area contributed by atoms with E-state index in [9.17, 15) is 18.0 Å². The molecule has 2 aromatic rings. The molecule has 0 unspecified atom stereocenters. The topological polar surface area (TPSA) is 74.8 Å². The molecule has 1 aromatic heterocycles. The van der Waals surface area contributed by atoms with Crippen molar-refractivity contribution >= 4 is 33.1 Å². The SMILES string of the molecule is Cc1ccc(S(=O)(=O)N2CCN(C(=O)CCC(=O)c3cccs3)CC2)cc1C. The first kappa shape index (κ1) is 20.7. The van der Waals surface area contributed by atoms with E-state index in [1.807, 2.05) is 31.4 Å². The number of hydrogen-bond acceptors (Lipinski definition) is 5. The lowest BCUT2D eigenvalue weighted by molar-refractivity contribution is -0.132. The maximum absolute atomic E-state index is 12.9. The van der Waals surface area contributed by atoms with Gasteiger partial charge in [-0.05, 0) is 48.6 Å². The third-order valence-electron chi connectivity index (χ3n) is 5.07. The van der Waals surface area contributed by atoms with Gasteiger partial charge in [0.15, 0.2) is 5.78 Å². The minimum atomic E-state index is -3.56. The molecule has 3 rings (SSSR count). The molecular weight excluding hydrogens is 396 g/mol. The summed E-state index contributed by atoms with van der Waals surface area (Å²) in [5.74, 6) is -0.132. The summed E-state index contributed by atoms with van der Waals surface area (Å²) in [5.41, 5.74) is 1.98. The maximum Gasteiger partial charge on any atom is 0.243 e. The Morgan fingerprint density at radius 1 is 1.00 bits per heavy atom. The summed E-state index contributed by atoms with van der Waals surface area (Å²) in [5, 5.41) is 1.84. The molecule has 1 amide bonds. The van der Waals surface area contributed by atoms with E-state index in [4.69, 9.17) is 0 Å². The van der Waals surface area contributed by atoms with E-state index in [1.165, 1.54) is 15.6 Å². The number of carbonyl (C=O) groups is 2. The van der Waals surface area contributed by atoms with Crippen molar-refractivity contribution in [2.75, 3.05) is 26.2 Å². The number of Topliss-reactive ketones (excluding diaryl/α,β-unsaturated/α-hetero) is 1. The molecule has 1 aromatic carbocycles. The van der Waals surface area contributed by atoms with E-state index in [0.717, 1.165) is 11.1 Å². The van der Waals surface area contributed by atoms with E-state index >= 15 is 0 Å². The Bertz CT molecular complexity index is 960. The van der Waals surface area contributed by atoms with Crippen molar-refractivity contribution in [3.8, 4) is 0 Å². The molecule has 1 aliphatic rings. The number of aryl methyl sites for hydroxylation is 2. The molecule has 0 spiro atoms. The Balaban J connectivity index is 1.55. The molecule has 8 heteroatoms. The van der Waals surface area contributed by atoms with Gasteiger partial charge < -0.3 is 4.90 Å². The molecule has 1 aliphatic heterocycles. The van der Waals surface area contributed by atoms with Crippen molar-refractivity contribution in [1.29, 1.82) is 0 Å². The van der Waals surface area contributed by atoms with Crippen LogP contribution in [0.2, 0.25) is 0 Å². The standard InChI is InChI=1S/C20H24N2O4S2/c1-15-5-6-17(14-16(15)2)28(25,26)22-11-9-21(10-12-22)20(24)8-7-18(23)19-4-3-13-27-19/h3-6,13-14H,7-12H2,1-2H3. The zero-order valence-corrected chi connectivity index (χ0v) is 17.7. The van der Waals surface area contributed by atoms with Crippen LogP contribution in [0.3, 0.4) is 0 Å². The fourth-order valence-corrected chi connectivity index (χ4v) is 5.34. The highest BCUT2D eigenvalue weighted by atomic mass is 32.2. The minimum absolute atomic E-state index is 0.0284. The smallest absolute Gasteiger partial charge is 0.243 e. The van der Waals surface area contributed by atoms with Crippen LogP contribution in [0, 0.1) is 13.8 Å². The molecule has 2 heterocycles. The van der Waals surface area contributed by atoms with E-state index < -0.39 is 10.0 Å². The summed E-state index contributed by atoms with van der Waals surface area (Å²) >= 11 is 1.37. The van der Waals surface area contributed by atoms with Crippen molar-refractivity contribution in [2.24, 2.45) is 0 Å². The number of benzene rings is 1. The molecule has 0 radical (unpaired) electrons. The molecular formula is C20H24N2O4S2. The van der Waals surface area contributed by atoms with Crippen LogP contribution in [0.4, 0.5) is 0 Å². The van der Waals surface area contributed by atoms with Gasteiger partial charge in [-0.3, -0.25) is 9.59 Å². The first-order chi connectivity index (χ1) is 13.3. The highest BCUT2D eigenvalue weighted by Gasteiger charge is 2.30. The van der Waals surface area contributed by atoms with Crippen molar-refractivity contribution in [1.82, 2.24) is 9.21 Å². The summed E-state index contributed by atoms with van der Waals surface area (Å²) in [6.07, 6.45) is 0.334. The van der Waals surface area contributed by atoms with E-state index in [-0.39, 0.29) is 42.5 Å². The number of thiophene rings is 1. The van der Waals surface area contributed by atoms with Crippen LogP contribution >= 0.6 is 11.3 Å². The Morgan fingerprint density at radius 2 is 1.71 bits per heavy atom. The van der Waals surface area contributed by atoms with E-state index in [1.54, 1.807) is 23.1 Å². The number of piperazine rings is 1. The number of sulfonamides is 1. The van der Waals surface area contributed by atoms with Crippen molar-refractivity contribution in [3.05, 3.63) is 51.7 Å². The van der Waals surface area contributed by atoms with Crippen LogP contribution in [-0.2, 0) is 14.8 Å². The van der Waals surface area contributed by atoms with Crippen LogP contribution in [0.25, 0.3) is 0 Å². The fraction of sp³-hybridized carbons (Fsp3) is 0.400. The average molecular weight is 421 g/mol. The van der Waals surface area contributed by atoms with Crippen LogP contribution in [0.15, 0.2) is 40.6 Å². The van der Waals surface area contributed by atoms with Gasteiger partial charge in [-0.2, -0.15) is 4.31 Å². The van der Waals surface area contributed by atoms with Crippen molar-refractivity contribution in [2.45, 2.75) is 31.6 Å². The maximum atomic E-state index is 12.9. The first-order valence-corrected chi connectivity index (χ1v) is 11.5. The lowest BCUT2D eigenvalue weighted by Crippen LogP contribution is -2.50. The third kappa shape index (κ3) is 4.51. The van der Waals surface area contributed by atoms with Gasteiger partial charge in [0, 0.05) is 39.0 Å². The van der Waals surface area contributed by atoms with Gasteiger partial charge in [-0.25, -0.2) is 8.42 Å². The van der Waals surface area contributed by atoms with Crippen molar-refractivity contribution < 1.29 is 18.0 Å². The Kier molecular flexibility index (Phi) is 6.32.